The second-order valence-electron chi connectivity index (χ2n) is 11.9. The minimum Gasteiger partial charge on any atom is -0.390 e. The SMILES string of the molecule is CC1(C)C[C@H](NC(=O)c2ccccc2)[C@]2(CCC(=O)NCCN3CCOCC3)CC[C@@](C)(O)C[C@@H]12. The summed E-state index contributed by atoms with van der Waals surface area (Å²) >= 11 is 0. The molecule has 2 saturated carbocycles. The molecule has 3 N–H and O–H groups in total. The molecule has 1 aromatic carbocycles. The molecule has 1 saturated heterocycles. The fourth-order valence-corrected chi connectivity index (χ4v) is 6.88. The van der Waals surface area contributed by atoms with E-state index in [0.717, 1.165) is 52.1 Å². The van der Waals surface area contributed by atoms with Gasteiger partial charge in [0.2, 0.25) is 5.91 Å². The average molecular weight is 486 g/mol. The number of rotatable bonds is 8. The minimum atomic E-state index is -0.704. The summed E-state index contributed by atoms with van der Waals surface area (Å²) in [5.41, 5.74) is -0.277. The van der Waals surface area contributed by atoms with E-state index in [9.17, 15) is 14.7 Å². The van der Waals surface area contributed by atoms with Crippen molar-refractivity contribution in [3.05, 3.63) is 35.9 Å². The van der Waals surface area contributed by atoms with Crippen molar-refractivity contribution in [1.29, 1.82) is 0 Å². The number of fused-ring (bicyclic) bond motifs is 1. The van der Waals surface area contributed by atoms with E-state index in [0.29, 0.717) is 31.4 Å². The molecule has 0 spiro atoms. The van der Waals surface area contributed by atoms with Crippen molar-refractivity contribution in [3.63, 3.8) is 0 Å². The van der Waals surface area contributed by atoms with Gasteiger partial charge in [-0.2, -0.15) is 0 Å². The van der Waals surface area contributed by atoms with Crippen molar-refractivity contribution in [1.82, 2.24) is 15.5 Å². The molecule has 35 heavy (non-hydrogen) atoms. The molecule has 1 aliphatic heterocycles. The highest BCUT2D eigenvalue weighted by molar-refractivity contribution is 5.94. The lowest BCUT2D eigenvalue weighted by Crippen LogP contribution is -2.52. The summed E-state index contributed by atoms with van der Waals surface area (Å²) in [6, 6.07) is 9.33. The second-order valence-corrected chi connectivity index (χ2v) is 11.9. The predicted molar refractivity (Wildman–Crippen MR) is 136 cm³/mol. The Morgan fingerprint density at radius 3 is 2.51 bits per heavy atom. The number of amides is 2. The Labute approximate surface area is 210 Å². The molecular formula is C28H43N3O4. The Hall–Kier alpha value is -1.96. The first-order valence-electron chi connectivity index (χ1n) is 13.3. The largest absolute Gasteiger partial charge is 0.390 e. The van der Waals surface area contributed by atoms with Crippen LogP contribution in [0.15, 0.2) is 30.3 Å². The van der Waals surface area contributed by atoms with Gasteiger partial charge in [0.1, 0.15) is 0 Å². The maximum Gasteiger partial charge on any atom is 0.251 e. The van der Waals surface area contributed by atoms with Crippen LogP contribution in [0.1, 0.15) is 69.7 Å². The van der Waals surface area contributed by atoms with E-state index in [1.54, 1.807) is 0 Å². The van der Waals surface area contributed by atoms with Gasteiger partial charge in [-0.05, 0) is 67.9 Å². The molecule has 4 atom stereocenters. The number of aliphatic hydroxyl groups is 1. The Bertz CT molecular complexity index is 881. The highest BCUT2D eigenvalue weighted by atomic mass is 16.5. The number of nitrogens with zero attached hydrogens (tertiary/aromatic N) is 1. The molecule has 0 radical (unpaired) electrons. The minimum absolute atomic E-state index is 0.0209. The summed E-state index contributed by atoms with van der Waals surface area (Å²) in [4.78, 5) is 28.3. The summed E-state index contributed by atoms with van der Waals surface area (Å²) in [6.07, 6.45) is 4.22. The molecular weight excluding hydrogens is 442 g/mol. The third kappa shape index (κ3) is 6.07. The Morgan fingerprint density at radius 2 is 1.80 bits per heavy atom. The maximum atomic E-state index is 13.1. The van der Waals surface area contributed by atoms with Gasteiger partial charge in [0.15, 0.2) is 0 Å². The molecule has 1 heterocycles. The maximum absolute atomic E-state index is 13.1. The third-order valence-corrected chi connectivity index (χ3v) is 8.85. The number of hydrogen-bond donors (Lipinski definition) is 3. The van der Waals surface area contributed by atoms with Crippen molar-refractivity contribution in [2.45, 2.75) is 70.9 Å². The molecule has 194 valence electrons. The Morgan fingerprint density at radius 1 is 1.09 bits per heavy atom. The lowest BCUT2D eigenvalue weighted by molar-refractivity contribution is -0.123. The summed E-state index contributed by atoms with van der Waals surface area (Å²) in [5, 5.41) is 17.4. The number of benzene rings is 1. The van der Waals surface area contributed by atoms with Gasteiger partial charge < -0.3 is 20.5 Å². The zero-order valence-corrected chi connectivity index (χ0v) is 21.6. The summed E-state index contributed by atoms with van der Waals surface area (Å²) in [5.74, 6) is 0.251. The van der Waals surface area contributed by atoms with Gasteiger partial charge in [-0.25, -0.2) is 0 Å². The van der Waals surface area contributed by atoms with E-state index in [1.165, 1.54) is 0 Å². The van der Waals surface area contributed by atoms with Gasteiger partial charge in [-0.15, -0.1) is 0 Å². The van der Waals surface area contributed by atoms with Gasteiger partial charge in [0.25, 0.3) is 5.91 Å². The van der Waals surface area contributed by atoms with Crippen LogP contribution < -0.4 is 10.6 Å². The van der Waals surface area contributed by atoms with E-state index in [2.05, 4.69) is 29.4 Å². The molecule has 2 aliphatic carbocycles. The fraction of sp³-hybridized carbons (Fsp3) is 0.714. The summed E-state index contributed by atoms with van der Waals surface area (Å²) in [7, 11) is 0. The van der Waals surface area contributed by atoms with Crippen LogP contribution in [0.2, 0.25) is 0 Å². The zero-order valence-electron chi connectivity index (χ0n) is 21.6. The van der Waals surface area contributed by atoms with E-state index in [1.807, 2.05) is 37.3 Å². The van der Waals surface area contributed by atoms with Crippen LogP contribution in [0.25, 0.3) is 0 Å². The highest BCUT2D eigenvalue weighted by Crippen LogP contribution is 2.63. The van der Waals surface area contributed by atoms with Crippen LogP contribution in [-0.4, -0.2) is 72.9 Å². The number of carbonyl (C=O) groups is 2. The average Bonchev–Trinajstić information content (AvgIpc) is 3.04. The first-order chi connectivity index (χ1) is 16.6. The van der Waals surface area contributed by atoms with Crippen LogP contribution in [0.4, 0.5) is 0 Å². The first-order valence-corrected chi connectivity index (χ1v) is 13.3. The van der Waals surface area contributed by atoms with Gasteiger partial charge in [0, 0.05) is 44.2 Å². The molecule has 7 heteroatoms. The van der Waals surface area contributed by atoms with Crippen molar-refractivity contribution in [2.24, 2.45) is 16.7 Å². The van der Waals surface area contributed by atoms with Crippen molar-refractivity contribution >= 4 is 11.8 Å². The molecule has 0 bridgehead atoms. The van der Waals surface area contributed by atoms with Crippen molar-refractivity contribution in [3.8, 4) is 0 Å². The van der Waals surface area contributed by atoms with Crippen LogP contribution in [0.5, 0.6) is 0 Å². The Kier molecular flexibility index (Phi) is 7.89. The van der Waals surface area contributed by atoms with Gasteiger partial charge in [-0.1, -0.05) is 32.0 Å². The fourth-order valence-electron chi connectivity index (χ4n) is 6.88. The first kappa shape index (κ1) is 26.1. The zero-order chi connectivity index (χ0) is 25.1. The molecule has 4 rings (SSSR count). The standard InChI is InChI=1S/C28H43N3O4/c1-26(2)20-23(30-25(33)21-7-5-4-6-8-21)28(12-11-27(3,34)19-22(26)28)10-9-24(32)29-13-14-31-15-17-35-18-16-31/h4-8,22-23,34H,9-20H2,1-3H3,(H,29,32)(H,30,33)/t22-,23-,27+,28+/m0/s1. The van der Waals surface area contributed by atoms with E-state index >= 15 is 0 Å². The molecule has 7 nitrogen and oxygen atoms in total. The number of carbonyl (C=O) groups excluding carboxylic acids is 2. The number of nitrogens with one attached hydrogen (secondary N) is 2. The monoisotopic (exact) mass is 485 g/mol. The van der Waals surface area contributed by atoms with Crippen molar-refractivity contribution < 1.29 is 19.4 Å². The lowest BCUT2D eigenvalue weighted by atomic mass is 9.57. The highest BCUT2D eigenvalue weighted by Gasteiger charge is 2.61. The second kappa shape index (κ2) is 10.6. The molecule has 3 fully saturated rings. The number of hydrogen-bond acceptors (Lipinski definition) is 5. The molecule has 0 unspecified atom stereocenters. The molecule has 3 aliphatic rings. The van der Waals surface area contributed by atoms with E-state index in [-0.39, 0.29) is 34.6 Å². The normalized spacial score (nSPS) is 32.6. The molecule has 0 aromatic heterocycles. The van der Waals surface area contributed by atoms with E-state index < -0.39 is 5.60 Å². The third-order valence-electron chi connectivity index (χ3n) is 8.85. The topological polar surface area (TPSA) is 90.9 Å². The number of ether oxygens (including phenoxy) is 1. The van der Waals surface area contributed by atoms with Crippen LogP contribution in [0, 0.1) is 16.7 Å². The molecule has 2 amide bonds. The van der Waals surface area contributed by atoms with Gasteiger partial charge >= 0.3 is 0 Å². The van der Waals surface area contributed by atoms with Crippen LogP contribution in [0.3, 0.4) is 0 Å². The smallest absolute Gasteiger partial charge is 0.251 e. The Balaban J connectivity index is 1.44. The van der Waals surface area contributed by atoms with Gasteiger partial charge in [-0.3, -0.25) is 14.5 Å². The van der Waals surface area contributed by atoms with Gasteiger partial charge in [0.05, 0.1) is 18.8 Å². The van der Waals surface area contributed by atoms with Crippen LogP contribution >= 0.6 is 0 Å². The summed E-state index contributed by atoms with van der Waals surface area (Å²) < 4.78 is 5.39. The van der Waals surface area contributed by atoms with Crippen molar-refractivity contribution in [2.75, 3.05) is 39.4 Å². The quantitative estimate of drug-likeness (QED) is 0.527. The lowest BCUT2D eigenvalue weighted by Gasteiger charge is -2.50. The predicted octanol–water partition coefficient (Wildman–Crippen LogP) is 2.98. The number of morpholine rings is 1. The molecule has 1 aromatic rings. The van der Waals surface area contributed by atoms with Crippen LogP contribution in [-0.2, 0) is 9.53 Å². The summed E-state index contributed by atoms with van der Waals surface area (Å²) in [6.45, 7) is 11.3. The van der Waals surface area contributed by atoms with E-state index in [4.69, 9.17) is 4.74 Å².